The molecule has 0 aliphatic heterocycles. The zero-order valence-corrected chi connectivity index (χ0v) is 22.9. The van der Waals surface area contributed by atoms with Gasteiger partial charge in [0.05, 0.1) is 24.0 Å². The van der Waals surface area contributed by atoms with Crippen LogP contribution in [0.15, 0.2) is 122 Å². The fourth-order valence-corrected chi connectivity index (χ4v) is 5.79. The van der Waals surface area contributed by atoms with Crippen LogP contribution in [0.25, 0.3) is 44.8 Å². The van der Waals surface area contributed by atoms with Gasteiger partial charge in [-0.1, -0.05) is 84.9 Å². The van der Waals surface area contributed by atoms with Crippen LogP contribution >= 0.6 is 0 Å². The topological polar surface area (TPSA) is 28.8 Å². The van der Waals surface area contributed by atoms with Crippen molar-refractivity contribution in [2.75, 3.05) is 19.0 Å². The highest BCUT2D eigenvalue weighted by molar-refractivity contribution is 5.89. The molecule has 0 N–H and O–H groups in total. The molecule has 5 heteroatoms. The van der Waals surface area contributed by atoms with Crippen LogP contribution in [0, 0.1) is 0 Å². The Kier molecular flexibility index (Phi) is 6.05. The molecule has 0 spiro atoms. The van der Waals surface area contributed by atoms with E-state index in [0.717, 1.165) is 53.0 Å². The van der Waals surface area contributed by atoms with Gasteiger partial charge in [-0.25, -0.2) is 9.55 Å². The number of aryl methyl sites for hydroxylation is 2. The van der Waals surface area contributed by atoms with E-state index in [4.69, 9.17) is 4.98 Å². The molecule has 3 aromatic heterocycles. The Morgan fingerprint density at radius 2 is 1.27 bits per heavy atom. The van der Waals surface area contributed by atoms with Crippen LogP contribution in [-0.2, 0) is 13.0 Å². The Morgan fingerprint density at radius 3 is 1.93 bits per heavy atom. The van der Waals surface area contributed by atoms with Gasteiger partial charge < -0.3 is 4.90 Å². The summed E-state index contributed by atoms with van der Waals surface area (Å²) in [4.78, 5) is 7.19. The lowest BCUT2D eigenvalue weighted by atomic mass is 10.1. The van der Waals surface area contributed by atoms with Crippen molar-refractivity contribution < 1.29 is 4.57 Å². The molecule has 0 saturated heterocycles. The Hall–Kier alpha value is -4.90. The molecule has 0 amide bonds. The van der Waals surface area contributed by atoms with E-state index in [2.05, 4.69) is 148 Å². The number of aromatic nitrogens is 4. The summed E-state index contributed by atoms with van der Waals surface area (Å²) in [5, 5.41) is 0. The van der Waals surface area contributed by atoms with Crippen molar-refractivity contribution in [3.8, 4) is 22.5 Å². The summed E-state index contributed by atoms with van der Waals surface area (Å²) in [6.45, 7) is 0.896. The third-order valence-corrected chi connectivity index (χ3v) is 7.78. The molecule has 0 fully saturated rings. The molecule has 5 nitrogen and oxygen atoms in total. The minimum Gasteiger partial charge on any atom is -0.378 e. The molecular weight excluding hydrogens is 490 g/mol. The minimum absolute atomic E-state index is 0.896. The van der Waals surface area contributed by atoms with Gasteiger partial charge >= 0.3 is 5.65 Å². The second-order valence-electron chi connectivity index (χ2n) is 10.6. The predicted molar refractivity (Wildman–Crippen MR) is 164 cm³/mol. The van der Waals surface area contributed by atoms with Crippen molar-refractivity contribution in [2.24, 2.45) is 0 Å². The number of anilines is 1. The predicted octanol–water partition coefficient (Wildman–Crippen LogP) is 7.06. The van der Waals surface area contributed by atoms with Crippen molar-refractivity contribution in [1.82, 2.24) is 13.8 Å². The summed E-state index contributed by atoms with van der Waals surface area (Å²) < 4.78 is 7.12. The lowest BCUT2D eigenvalue weighted by Gasteiger charge is -2.12. The second-order valence-corrected chi connectivity index (χ2v) is 10.6. The van der Waals surface area contributed by atoms with Gasteiger partial charge in [-0.05, 0) is 42.7 Å². The minimum atomic E-state index is 0.896. The molecule has 0 atom stereocenters. The normalized spacial score (nSPS) is 11.6. The fourth-order valence-electron chi connectivity index (χ4n) is 5.79. The fraction of sp³-hybridized carbons (Fsp3) is 0.143. The maximum Gasteiger partial charge on any atom is 0.331 e. The molecule has 7 rings (SSSR count). The lowest BCUT2D eigenvalue weighted by Crippen LogP contribution is -2.33. The number of rotatable bonds is 7. The summed E-state index contributed by atoms with van der Waals surface area (Å²) in [5.74, 6) is 0. The average Bonchev–Trinajstić information content (AvgIpc) is 3.61. The quantitative estimate of drug-likeness (QED) is 0.210. The van der Waals surface area contributed by atoms with Crippen LogP contribution in [0.5, 0.6) is 0 Å². The van der Waals surface area contributed by atoms with Gasteiger partial charge in [-0.15, -0.1) is 0 Å². The second kappa shape index (κ2) is 10.0. The Bertz CT molecular complexity index is 1930. The first-order valence-electron chi connectivity index (χ1n) is 13.9. The van der Waals surface area contributed by atoms with Gasteiger partial charge in [0, 0.05) is 30.9 Å². The highest BCUT2D eigenvalue weighted by Gasteiger charge is 2.27. The number of hydrogen-bond donors (Lipinski definition) is 0. The molecule has 0 bridgehead atoms. The first-order chi connectivity index (χ1) is 19.7. The van der Waals surface area contributed by atoms with Crippen LogP contribution in [0.2, 0.25) is 0 Å². The molecule has 4 aromatic carbocycles. The van der Waals surface area contributed by atoms with E-state index in [9.17, 15) is 0 Å². The third-order valence-electron chi connectivity index (χ3n) is 7.78. The number of hydrogen-bond acceptors (Lipinski definition) is 2. The maximum atomic E-state index is 5.05. The van der Waals surface area contributed by atoms with Gasteiger partial charge in [0.2, 0.25) is 5.65 Å². The smallest absolute Gasteiger partial charge is 0.331 e. The summed E-state index contributed by atoms with van der Waals surface area (Å²) in [7, 11) is 4.16. The number of imidazole rings is 2. The van der Waals surface area contributed by atoms with E-state index in [1.54, 1.807) is 0 Å². The molecule has 3 heterocycles. The zero-order valence-electron chi connectivity index (χ0n) is 22.9. The van der Waals surface area contributed by atoms with Crippen molar-refractivity contribution >= 4 is 28.0 Å². The number of benzene rings is 4. The SMILES string of the molecule is CN(C)c1ccc(CCC[n+]2cc(-c3ccccc3)n3c4ccccc4n4c(-c5ccccc5)cnc4c32)cc1. The van der Waals surface area contributed by atoms with Crippen LogP contribution in [0.1, 0.15) is 12.0 Å². The summed E-state index contributed by atoms with van der Waals surface area (Å²) in [6.07, 6.45) is 6.38. The molecular formula is C35H32N5+. The molecule has 0 saturated carbocycles. The van der Waals surface area contributed by atoms with E-state index >= 15 is 0 Å². The zero-order chi connectivity index (χ0) is 27.1. The molecule has 40 heavy (non-hydrogen) atoms. The van der Waals surface area contributed by atoms with Gasteiger partial charge in [-0.2, -0.15) is 4.40 Å². The number of nitrogens with zero attached hydrogens (tertiary/aromatic N) is 5. The summed E-state index contributed by atoms with van der Waals surface area (Å²) in [5.41, 5.74) is 11.6. The average molecular weight is 523 g/mol. The standard InChI is InChI=1S/C35H32N5/c1-37(2)29-21-19-26(20-22-29)12-11-23-38-25-33(28-15-7-4-8-16-28)40-31-18-10-9-17-30(31)39-32(24-36-34(39)35(38)40)27-13-5-3-6-14-27/h3-10,13-22,24-25H,11-12,23H2,1-2H3/q+1. The molecule has 196 valence electrons. The Balaban J connectivity index is 1.41. The first kappa shape index (κ1) is 24.2. The van der Waals surface area contributed by atoms with Gasteiger partial charge in [0.25, 0.3) is 0 Å². The van der Waals surface area contributed by atoms with Gasteiger partial charge in [0.1, 0.15) is 6.20 Å². The molecule has 0 radical (unpaired) electrons. The summed E-state index contributed by atoms with van der Waals surface area (Å²) >= 11 is 0. The first-order valence-corrected chi connectivity index (χ1v) is 13.9. The van der Waals surface area contributed by atoms with Crippen molar-refractivity contribution in [2.45, 2.75) is 19.4 Å². The summed E-state index contributed by atoms with van der Waals surface area (Å²) in [6, 6.07) is 38.8. The molecule has 0 aliphatic carbocycles. The van der Waals surface area contributed by atoms with Crippen LogP contribution < -0.4 is 9.47 Å². The van der Waals surface area contributed by atoms with Crippen molar-refractivity contribution in [3.63, 3.8) is 0 Å². The van der Waals surface area contributed by atoms with Gasteiger partial charge in [-0.3, -0.25) is 4.40 Å². The third kappa shape index (κ3) is 4.11. The van der Waals surface area contributed by atoms with Crippen LogP contribution in [0.4, 0.5) is 5.69 Å². The van der Waals surface area contributed by atoms with Crippen LogP contribution in [0.3, 0.4) is 0 Å². The van der Waals surface area contributed by atoms with E-state index in [1.165, 1.54) is 22.5 Å². The highest BCUT2D eigenvalue weighted by Crippen LogP contribution is 2.31. The van der Waals surface area contributed by atoms with Crippen LogP contribution in [-0.4, -0.2) is 27.9 Å². The monoisotopic (exact) mass is 522 g/mol. The Morgan fingerprint density at radius 1 is 0.675 bits per heavy atom. The van der Waals surface area contributed by atoms with E-state index in [-0.39, 0.29) is 0 Å². The molecule has 7 aromatic rings. The van der Waals surface area contributed by atoms with Crippen molar-refractivity contribution in [3.05, 3.63) is 127 Å². The number of para-hydroxylation sites is 2. The lowest BCUT2D eigenvalue weighted by molar-refractivity contribution is -0.670. The Labute approximate surface area is 234 Å². The maximum absolute atomic E-state index is 5.05. The number of fused-ring (bicyclic) bond motifs is 6. The molecule has 0 aliphatic rings. The van der Waals surface area contributed by atoms with Gasteiger partial charge in [0.15, 0.2) is 11.2 Å². The van der Waals surface area contributed by atoms with Crippen molar-refractivity contribution in [1.29, 1.82) is 0 Å². The van der Waals surface area contributed by atoms with E-state index < -0.39 is 0 Å². The van der Waals surface area contributed by atoms with E-state index in [0.29, 0.717) is 0 Å². The molecule has 0 unspecified atom stereocenters. The highest BCUT2D eigenvalue weighted by atomic mass is 15.2. The van der Waals surface area contributed by atoms with E-state index in [1.807, 2.05) is 6.20 Å². The largest absolute Gasteiger partial charge is 0.378 e.